The molecule has 1 saturated heterocycles. The van der Waals surface area contributed by atoms with E-state index in [1.807, 2.05) is 18.2 Å². The number of carbonyl (C=O) groups is 1. The Labute approximate surface area is 185 Å². The number of nitrogens with one attached hydrogen (secondary N) is 1. The predicted octanol–water partition coefficient (Wildman–Crippen LogP) is 4.03. The molecule has 0 spiro atoms. The van der Waals surface area contributed by atoms with E-state index in [0.717, 1.165) is 25.7 Å². The number of aromatic amines is 1. The maximum Gasteiger partial charge on any atom is 0.259 e. The van der Waals surface area contributed by atoms with Crippen LogP contribution in [0.2, 0.25) is 0 Å². The Morgan fingerprint density at radius 2 is 1.78 bits per heavy atom. The Kier molecular flexibility index (Phi) is 6.11. The largest absolute Gasteiger partial charge is 0.358 e. The zero-order valence-corrected chi connectivity index (χ0v) is 18.4. The van der Waals surface area contributed by atoms with Crippen molar-refractivity contribution in [3.05, 3.63) is 81.6 Å². The van der Waals surface area contributed by atoms with Crippen molar-refractivity contribution in [1.82, 2.24) is 14.8 Å². The summed E-state index contributed by atoms with van der Waals surface area (Å²) in [6, 6.07) is 11.9. The van der Waals surface area contributed by atoms with E-state index < -0.39 is 23.0 Å². The molecule has 5 nitrogen and oxygen atoms in total. The van der Waals surface area contributed by atoms with E-state index in [9.17, 15) is 18.4 Å². The highest BCUT2D eigenvalue weighted by atomic mass is 19.1. The van der Waals surface area contributed by atoms with Crippen LogP contribution in [-0.4, -0.2) is 46.9 Å². The number of benzene rings is 2. The van der Waals surface area contributed by atoms with Gasteiger partial charge < -0.3 is 9.88 Å². The molecule has 0 saturated carbocycles. The molecule has 4 rings (SSSR count). The second kappa shape index (κ2) is 8.82. The van der Waals surface area contributed by atoms with Gasteiger partial charge in [0.2, 0.25) is 5.43 Å². The lowest BCUT2D eigenvalue weighted by Crippen LogP contribution is -2.55. The third-order valence-electron chi connectivity index (χ3n) is 6.41. The molecule has 2 aromatic carbocycles. The number of pyridine rings is 1. The molecule has 0 radical (unpaired) electrons. The quantitative estimate of drug-likeness (QED) is 0.668. The summed E-state index contributed by atoms with van der Waals surface area (Å²) in [6.07, 6.45) is 1.23. The van der Waals surface area contributed by atoms with Crippen molar-refractivity contribution in [3.8, 4) is 0 Å². The number of amides is 1. The van der Waals surface area contributed by atoms with Gasteiger partial charge in [-0.2, -0.15) is 0 Å². The number of fused-ring (bicyclic) bond motifs is 1. The molecule has 1 aliphatic rings. The summed E-state index contributed by atoms with van der Waals surface area (Å²) in [6.45, 7) is 6.72. The first-order valence-electron chi connectivity index (χ1n) is 10.8. The van der Waals surface area contributed by atoms with E-state index in [4.69, 9.17) is 0 Å². The van der Waals surface area contributed by atoms with E-state index in [2.05, 4.69) is 35.9 Å². The van der Waals surface area contributed by atoms with E-state index >= 15 is 0 Å². The molecule has 1 aliphatic heterocycles. The Balaban J connectivity index is 1.55. The van der Waals surface area contributed by atoms with Crippen LogP contribution in [-0.2, 0) is 6.54 Å². The minimum atomic E-state index is -0.863. The fraction of sp³-hybridized carbons (Fsp3) is 0.360. The van der Waals surface area contributed by atoms with Crippen molar-refractivity contribution in [2.45, 2.75) is 26.4 Å². The van der Waals surface area contributed by atoms with E-state index in [-0.39, 0.29) is 34.3 Å². The maximum absolute atomic E-state index is 14.0. The average Bonchev–Trinajstić information content (AvgIpc) is 2.74. The van der Waals surface area contributed by atoms with Gasteiger partial charge >= 0.3 is 0 Å². The van der Waals surface area contributed by atoms with Gasteiger partial charge in [0.05, 0.1) is 10.9 Å². The molecule has 168 valence electrons. The fourth-order valence-electron chi connectivity index (χ4n) is 5.14. The van der Waals surface area contributed by atoms with Crippen LogP contribution < -0.4 is 5.43 Å². The van der Waals surface area contributed by atoms with Crippen LogP contribution in [0, 0.1) is 23.5 Å². The van der Waals surface area contributed by atoms with Gasteiger partial charge in [0.25, 0.3) is 5.91 Å². The minimum Gasteiger partial charge on any atom is -0.358 e. The third kappa shape index (κ3) is 4.17. The maximum atomic E-state index is 14.0. The lowest BCUT2D eigenvalue weighted by molar-refractivity contribution is 0.0270. The van der Waals surface area contributed by atoms with Gasteiger partial charge in [-0.3, -0.25) is 14.5 Å². The number of likely N-dealkylation sites (tertiary alicyclic amines) is 1. The van der Waals surface area contributed by atoms with E-state index in [1.54, 1.807) is 11.9 Å². The number of H-pyrrole nitrogens is 1. The summed E-state index contributed by atoms with van der Waals surface area (Å²) in [5, 5.41) is -0.166. The molecule has 2 atom stereocenters. The molecule has 1 aromatic heterocycles. The van der Waals surface area contributed by atoms with Gasteiger partial charge in [0.15, 0.2) is 0 Å². The summed E-state index contributed by atoms with van der Waals surface area (Å²) in [7, 11) is 1.70. The number of piperidine rings is 1. The number of halogens is 2. The number of hydrogen-bond donors (Lipinski definition) is 1. The Bertz CT molecular complexity index is 1180. The molecule has 7 heteroatoms. The van der Waals surface area contributed by atoms with Gasteiger partial charge in [-0.25, -0.2) is 8.78 Å². The molecule has 32 heavy (non-hydrogen) atoms. The van der Waals surface area contributed by atoms with Crippen LogP contribution in [0.4, 0.5) is 8.78 Å². The van der Waals surface area contributed by atoms with Crippen molar-refractivity contribution >= 4 is 16.8 Å². The monoisotopic (exact) mass is 439 g/mol. The molecule has 2 heterocycles. The molecule has 0 aliphatic carbocycles. The van der Waals surface area contributed by atoms with Crippen LogP contribution in [0.1, 0.15) is 29.8 Å². The van der Waals surface area contributed by atoms with Crippen molar-refractivity contribution in [2.75, 3.05) is 20.1 Å². The summed E-state index contributed by atoms with van der Waals surface area (Å²) in [5.74, 6) is -1.79. The lowest BCUT2D eigenvalue weighted by atomic mass is 9.84. The predicted molar refractivity (Wildman–Crippen MR) is 120 cm³/mol. The van der Waals surface area contributed by atoms with Crippen molar-refractivity contribution in [3.63, 3.8) is 0 Å². The van der Waals surface area contributed by atoms with Crippen LogP contribution in [0.3, 0.4) is 0 Å². The number of rotatable bonds is 4. The molecule has 3 aromatic rings. The summed E-state index contributed by atoms with van der Waals surface area (Å²) in [4.78, 5) is 32.8. The summed E-state index contributed by atoms with van der Waals surface area (Å²) >= 11 is 0. The molecular weight excluding hydrogens is 412 g/mol. The molecule has 1 fully saturated rings. The van der Waals surface area contributed by atoms with Crippen LogP contribution >= 0.6 is 0 Å². The van der Waals surface area contributed by atoms with E-state index in [1.165, 1.54) is 11.8 Å². The van der Waals surface area contributed by atoms with Crippen molar-refractivity contribution in [2.24, 2.45) is 11.8 Å². The van der Waals surface area contributed by atoms with Gasteiger partial charge in [0.1, 0.15) is 17.2 Å². The molecule has 1 amide bonds. The first kappa shape index (κ1) is 22.1. The zero-order chi connectivity index (χ0) is 23.0. The van der Waals surface area contributed by atoms with Crippen molar-refractivity contribution < 1.29 is 13.6 Å². The highest BCUT2D eigenvalue weighted by Gasteiger charge is 2.37. The van der Waals surface area contributed by atoms with Crippen LogP contribution in [0.25, 0.3) is 10.9 Å². The molecule has 1 N–H and O–H groups in total. The third-order valence-corrected chi connectivity index (χ3v) is 6.41. The summed E-state index contributed by atoms with van der Waals surface area (Å²) in [5.41, 5.74) is 0.357. The van der Waals surface area contributed by atoms with Crippen molar-refractivity contribution in [1.29, 1.82) is 0 Å². The number of hydrogen-bond acceptors (Lipinski definition) is 3. The van der Waals surface area contributed by atoms with Gasteiger partial charge in [-0.1, -0.05) is 44.2 Å². The Morgan fingerprint density at radius 3 is 2.44 bits per heavy atom. The fourth-order valence-corrected chi connectivity index (χ4v) is 5.14. The SMILES string of the molecule is C[C@@H]1CN(Cc2ccccc2)C[C@@H](C)C1N(C)C(=O)c1c[nH]c2c(F)cc(F)cc2c1=O. The van der Waals surface area contributed by atoms with Crippen LogP contribution in [0.15, 0.2) is 53.5 Å². The molecule has 0 unspecified atom stereocenters. The second-order valence-corrected chi connectivity index (χ2v) is 8.88. The normalized spacial score (nSPS) is 19.9. The van der Waals surface area contributed by atoms with E-state index in [0.29, 0.717) is 6.07 Å². The first-order valence-corrected chi connectivity index (χ1v) is 10.8. The van der Waals surface area contributed by atoms with Gasteiger partial charge in [-0.05, 0) is 23.5 Å². The van der Waals surface area contributed by atoms with Crippen LogP contribution in [0.5, 0.6) is 0 Å². The number of carbonyl (C=O) groups excluding carboxylic acids is 1. The highest BCUT2D eigenvalue weighted by Crippen LogP contribution is 2.28. The zero-order valence-electron chi connectivity index (χ0n) is 18.4. The minimum absolute atomic E-state index is 0.0612. The number of aromatic nitrogens is 1. The van der Waals surface area contributed by atoms with Gasteiger partial charge in [-0.15, -0.1) is 0 Å². The first-order chi connectivity index (χ1) is 15.3. The second-order valence-electron chi connectivity index (χ2n) is 8.88. The average molecular weight is 440 g/mol. The Morgan fingerprint density at radius 1 is 1.12 bits per heavy atom. The molecule has 0 bridgehead atoms. The lowest BCUT2D eigenvalue weighted by Gasteiger charge is -2.45. The summed E-state index contributed by atoms with van der Waals surface area (Å²) < 4.78 is 27.7. The number of nitrogens with zero attached hydrogens (tertiary/aromatic N) is 2. The topological polar surface area (TPSA) is 56.4 Å². The smallest absolute Gasteiger partial charge is 0.259 e. The standard InChI is InChI=1S/C25H27F2N3O2/c1-15-12-30(14-17-7-5-4-6-8-17)13-16(2)23(15)29(3)25(32)20-11-28-22-19(24(20)31)9-18(26)10-21(22)27/h4-11,15-16,23H,12-14H2,1-3H3,(H,28,31)/t15-,16-/m1/s1. The Hall–Kier alpha value is -3.06. The van der Waals surface area contributed by atoms with Gasteiger partial charge in [0, 0.05) is 45.0 Å². The molecular formula is C25H27F2N3O2. The highest BCUT2D eigenvalue weighted by molar-refractivity contribution is 5.97.